The van der Waals surface area contributed by atoms with Gasteiger partial charge in [0.1, 0.15) is 0 Å². The van der Waals surface area contributed by atoms with Crippen molar-refractivity contribution in [1.29, 1.82) is 0 Å². The number of non-ortho nitro benzene ring substituents is 1. The molecule has 0 fully saturated rings. The van der Waals surface area contributed by atoms with E-state index >= 15 is 0 Å². The Hall–Kier alpha value is -3.02. The van der Waals surface area contributed by atoms with Crippen molar-refractivity contribution in [3.63, 3.8) is 0 Å². The van der Waals surface area contributed by atoms with Crippen molar-refractivity contribution >= 4 is 17.3 Å². The predicted octanol–water partition coefficient (Wildman–Crippen LogP) is 3.93. The summed E-state index contributed by atoms with van der Waals surface area (Å²) in [6.07, 6.45) is 0.531. The molecule has 2 aromatic carbocycles. The Kier molecular flexibility index (Phi) is 4.61. The van der Waals surface area contributed by atoms with Gasteiger partial charge in [0.2, 0.25) is 5.91 Å². The Bertz CT molecular complexity index is 831. The highest BCUT2D eigenvalue weighted by atomic mass is 16.6. The topological polar surface area (TPSA) is 75.8 Å². The first kappa shape index (κ1) is 16.8. The van der Waals surface area contributed by atoms with Crippen LogP contribution in [0.4, 0.5) is 5.69 Å². The van der Waals surface area contributed by atoms with Crippen LogP contribution >= 0.6 is 0 Å². The van der Waals surface area contributed by atoms with Crippen LogP contribution in [-0.2, 0) is 4.79 Å². The van der Waals surface area contributed by atoms with E-state index < -0.39 is 4.92 Å². The number of amides is 1. The van der Waals surface area contributed by atoms with Crippen molar-refractivity contribution in [2.45, 2.75) is 26.3 Å². The van der Waals surface area contributed by atoms with Crippen molar-refractivity contribution < 1.29 is 9.72 Å². The summed E-state index contributed by atoms with van der Waals surface area (Å²) < 4.78 is 0. The van der Waals surface area contributed by atoms with Gasteiger partial charge < -0.3 is 0 Å². The van der Waals surface area contributed by atoms with Crippen LogP contribution in [0, 0.1) is 16.0 Å². The average Bonchev–Trinajstić information content (AvgIpc) is 3.07. The van der Waals surface area contributed by atoms with Gasteiger partial charge in [0.25, 0.3) is 5.69 Å². The lowest BCUT2D eigenvalue weighted by atomic mass is 9.98. The number of benzene rings is 2. The van der Waals surface area contributed by atoms with Gasteiger partial charge in [-0.1, -0.05) is 56.3 Å². The normalized spacial score (nSPS) is 16.8. The van der Waals surface area contributed by atoms with E-state index in [1.165, 1.54) is 17.1 Å². The second kappa shape index (κ2) is 6.84. The number of nitro benzene ring substituents is 1. The maximum Gasteiger partial charge on any atom is 0.270 e. The van der Waals surface area contributed by atoms with Crippen molar-refractivity contribution in [3.05, 3.63) is 75.8 Å². The van der Waals surface area contributed by atoms with Crippen LogP contribution in [0.2, 0.25) is 0 Å². The summed E-state index contributed by atoms with van der Waals surface area (Å²) in [6, 6.07) is 15.9. The third kappa shape index (κ3) is 3.42. The van der Waals surface area contributed by atoms with Gasteiger partial charge in [-0.15, -0.1) is 0 Å². The zero-order valence-corrected chi connectivity index (χ0v) is 14.1. The smallest absolute Gasteiger partial charge is 0.270 e. The van der Waals surface area contributed by atoms with E-state index in [0.29, 0.717) is 17.7 Å². The van der Waals surface area contributed by atoms with Crippen molar-refractivity contribution in [2.75, 3.05) is 0 Å². The summed E-state index contributed by atoms with van der Waals surface area (Å²) in [5.41, 5.74) is 2.38. The first-order valence-electron chi connectivity index (χ1n) is 8.17. The Morgan fingerprint density at radius 3 is 2.56 bits per heavy atom. The standard InChI is InChI=1S/C19H19N3O3/c1-13(2)19(23)21-18(14-7-4-3-5-8-14)12-17(20-21)15-9-6-10-16(11-15)22(24)25/h3-11,13,18H,12H2,1-2H3. The van der Waals surface area contributed by atoms with Gasteiger partial charge in [-0.2, -0.15) is 5.10 Å². The van der Waals surface area contributed by atoms with E-state index in [1.807, 2.05) is 44.2 Å². The maximum absolute atomic E-state index is 12.6. The Morgan fingerprint density at radius 2 is 1.92 bits per heavy atom. The molecule has 0 aliphatic carbocycles. The molecule has 1 atom stereocenters. The van der Waals surface area contributed by atoms with E-state index in [0.717, 1.165) is 5.56 Å². The largest absolute Gasteiger partial charge is 0.273 e. The second-order valence-electron chi connectivity index (χ2n) is 6.32. The third-order valence-electron chi connectivity index (χ3n) is 4.20. The fourth-order valence-corrected chi connectivity index (χ4v) is 2.89. The monoisotopic (exact) mass is 337 g/mol. The molecule has 1 aliphatic heterocycles. The second-order valence-corrected chi connectivity index (χ2v) is 6.32. The van der Waals surface area contributed by atoms with Crippen LogP contribution in [0.15, 0.2) is 59.7 Å². The van der Waals surface area contributed by atoms with Gasteiger partial charge in [0.05, 0.1) is 16.7 Å². The minimum Gasteiger partial charge on any atom is -0.273 e. The zero-order chi connectivity index (χ0) is 18.0. The number of carbonyl (C=O) groups excluding carboxylic acids is 1. The molecule has 128 valence electrons. The van der Waals surface area contributed by atoms with Crippen LogP contribution < -0.4 is 0 Å². The van der Waals surface area contributed by atoms with Gasteiger partial charge in [0, 0.05) is 30.0 Å². The third-order valence-corrected chi connectivity index (χ3v) is 4.20. The molecule has 1 aliphatic rings. The Morgan fingerprint density at radius 1 is 1.20 bits per heavy atom. The number of hydrogen-bond acceptors (Lipinski definition) is 4. The van der Waals surface area contributed by atoms with Gasteiger partial charge in [-0.25, -0.2) is 5.01 Å². The lowest BCUT2D eigenvalue weighted by molar-refractivity contribution is -0.384. The molecule has 0 spiro atoms. The van der Waals surface area contributed by atoms with E-state index in [1.54, 1.807) is 12.1 Å². The number of hydrazone groups is 1. The first-order valence-corrected chi connectivity index (χ1v) is 8.17. The Labute approximate surface area is 145 Å². The molecule has 1 heterocycles. The highest BCUT2D eigenvalue weighted by molar-refractivity contribution is 6.03. The fourth-order valence-electron chi connectivity index (χ4n) is 2.89. The summed E-state index contributed by atoms with van der Waals surface area (Å²) in [5.74, 6) is -0.242. The molecule has 3 rings (SSSR count). The number of carbonyl (C=O) groups is 1. The molecule has 6 nitrogen and oxygen atoms in total. The van der Waals surface area contributed by atoms with Gasteiger partial charge in [-0.3, -0.25) is 14.9 Å². The maximum atomic E-state index is 12.6. The fraction of sp³-hybridized carbons (Fsp3) is 0.263. The van der Waals surface area contributed by atoms with E-state index in [4.69, 9.17) is 0 Å². The average molecular weight is 337 g/mol. The molecule has 0 saturated heterocycles. The molecule has 1 unspecified atom stereocenters. The molecule has 1 amide bonds. The molecule has 0 aromatic heterocycles. The van der Waals surface area contributed by atoms with Gasteiger partial charge in [0.15, 0.2) is 0 Å². The molecule has 25 heavy (non-hydrogen) atoms. The lowest BCUT2D eigenvalue weighted by Crippen LogP contribution is -2.30. The number of nitrogens with zero attached hydrogens (tertiary/aromatic N) is 3. The highest BCUT2D eigenvalue weighted by Crippen LogP contribution is 2.34. The predicted molar refractivity (Wildman–Crippen MR) is 95.1 cm³/mol. The molecule has 0 N–H and O–H groups in total. The number of rotatable bonds is 4. The van der Waals surface area contributed by atoms with Crippen molar-refractivity contribution in [3.8, 4) is 0 Å². The summed E-state index contributed by atoms with van der Waals surface area (Å²) in [7, 11) is 0. The van der Waals surface area contributed by atoms with E-state index in [9.17, 15) is 14.9 Å². The van der Waals surface area contributed by atoms with Crippen LogP contribution in [0.3, 0.4) is 0 Å². The molecule has 6 heteroatoms. The molecule has 0 saturated carbocycles. The SMILES string of the molecule is CC(C)C(=O)N1N=C(c2cccc([N+](=O)[O-])c2)CC1c1ccccc1. The highest BCUT2D eigenvalue weighted by Gasteiger charge is 2.34. The van der Waals surface area contributed by atoms with Crippen LogP contribution in [0.1, 0.15) is 37.4 Å². The minimum absolute atomic E-state index is 0.0186. The van der Waals surface area contributed by atoms with Gasteiger partial charge in [-0.05, 0) is 5.56 Å². The van der Waals surface area contributed by atoms with Gasteiger partial charge >= 0.3 is 0 Å². The number of hydrogen-bond donors (Lipinski definition) is 0. The Balaban J connectivity index is 1.98. The van der Waals surface area contributed by atoms with Crippen molar-refractivity contribution in [1.82, 2.24) is 5.01 Å². The van der Waals surface area contributed by atoms with Crippen LogP contribution in [0.5, 0.6) is 0 Å². The van der Waals surface area contributed by atoms with E-state index in [-0.39, 0.29) is 23.6 Å². The molecule has 2 aromatic rings. The summed E-state index contributed by atoms with van der Waals surface area (Å²) in [5, 5.41) is 17.1. The lowest BCUT2D eigenvalue weighted by Gasteiger charge is -2.23. The first-order chi connectivity index (χ1) is 12.0. The summed E-state index contributed by atoms with van der Waals surface area (Å²) in [4.78, 5) is 23.2. The molecular formula is C19H19N3O3. The minimum atomic E-state index is -0.426. The van der Waals surface area contributed by atoms with Crippen molar-refractivity contribution in [2.24, 2.45) is 11.0 Å². The van der Waals surface area contributed by atoms with Crippen LogP contribution in [-0.4, -0.2) is 21.6 Å². The molecule has 0 radical (unpaired) electrons. The summed E-state index contributed by atoms with van der Waals surface area (Å²) >= 11 is 0. The zero-order valence-electron chi connectivity index (χ0n) is 14.1. The quantitative estimate of drug-likeness (QED) is 0.626. The van der Waals surface area contributed by atoms with E-state index in [2.05, 4.69) is 5.10 Å². The molecular weight excluding hydrogens is 318 g/mol. The number of nitro groups is 1. The molecule has 0 bridgehead atoms. The van der Waals surface area contributed by atoms with Crippen LogP contribution in [0.25, 0.3) is 0 Å². The summed E-state index contributed by atoms with van der Waals surface area (Å²) in [6.45, 7) is 3.68.